The lowest BCUT2D eigenvalue weighted by atomic mass is 9.77. The Bertz CT molecular complexity index is 817. The molecule has 0 aliphatic heterocycles. The molecule has 4 heteroatoms. The number of halogens is 1. The number of nitrogens with zero attached hydrogens (tertiary/aromatic N) is 3. The van der Waals surface area contributed by atoms with Crippen molar-refractivity contribution in [3.63, 3.8) is 0 Å². The standard InChI is InChI=1S/C26H34FN3/c1-2-3-4-5-6-7-8-9-20-10-12-21(13-11-20)22-14-16-23(17-15-22)26-29-19-24(18-28)25(27)30-26/h14-17,19-21H,2-13H2,1H3. The van der Waals surface area contributed by atoms with Gasteiger partial charge in [0.25, 0.3) is 0 Å². The quantitative estimate of drug-likeness (QED) is 0.301. The van der Waals surface area contributed by atoms with Crippen molar-refractivity contribution in [1.82, 2.24) is 9.97 Å². The maximum absolute atomic E-state index is 13.8. The van der Waals surface area contributed by atoms with Gasteiger partial charge in [0.1, 0.15) is 11.6 Å². The Morgan fingerprint density at radius 3 is 2.27 bits per heavy atom. The molecule has 0 saturated heterocycles. The third-order valence-corrected chi connectivity index (χ3v) is 6.57. The highest BCUT2D eigenvalue weighted by molar-refractivity contribution is 5.55. The molecule has 3 rings (SSSR count). The minimum Gasteiger partial charge on any atom is -0.235 e. The van der Waals surface area contributed by atoms with Gasteiger partial charge in [-0.1, -0.05) is 82.6 Å². The first-order chi connectivity index (χ1) is 14.7. The number of nitriles is 1. The summed E-state index contributed by atoms with van der Waals surface area (Å²) in [5.41, 5.74) is 2.03. The first-order valence-electron chi connectivity index (χ1n) is 11.7. The van der Waals surface area contributed by atoms with Crippen molar-refractivity contribution in [3.05, 3.63) is 47.5 Å². The van der Waals surface area contributed by atoms with Gasteiger partial charge in [0, 0.05) is 5.56 Å². The Morgan fingerprint density at radius 1 is 0.967 bits per heavy atom. The van der Waals surface area contributed by atoms with E-state index in [4.69, 9.17) is 5.26 Å². The van der Waals surface area contributed by atoms with Crippen LogP contribution < -0.4 is 0 Å². The van der Waals surface area contributed by atoms with E-state index in [9.17, 15) is 4.39 Å². The monoisotopic (exact) mass is 407 g/mol. The molecule has 160 valence electrons. The molecule has 1 saturated carbocycles. The molecule has 0 N–H and O–H groups in total. The molecule has 0 radical (unpaired) electrons. The first-order valence-corrected chi connectivity index (χ1v) is 11.7. The van der Waals surface area contributed by atoms with Gasteiger partial charge < -0.3 is 0 Å². The Morgan fingerprint density at radius 2 is 1.63 bits per heavy atom. The van der Waals surface area contributed by atoms with Crippen molar-refractivity contribution in [3.8, 4) is 17.5 Å². The zero-order valence-electron chi connectivity index (χ0n) is 18.2. The van der Waals surface area contributed by atoms with Crippen molar-refractivity contribution in [1.29, 1.82) is 5.26 Å². The lowest BCUT2D eigenvalue weighted by molar-refractivity contribution is 0.302. The molecule has 0 bridgehead atoms. The van der Waals surface area contributed by atoms with Gasteiger partial charge in [-0.15, -0.1) is 0 Å². The summed E-state index contributed by atoms with van der Waals surface area (Å²) in [4.78, 5) is 7.94. The second kappa shape index (κ2) is 11.8. The highest BCUT2D eigenvalue weighted by Gasteiger charge is 2.22. The van der Waals surface area contributed by atoms with Crippen LogP contribution in [0.3, 0.4) is 0 Å². The van der Waals surface area contributed by atoms with Crippen LogP contribution in [0.4, 0.5) is 4.39 Å². The SMILES string of the molecule is CCCCCCCCCC1CCC(c2ccc(-c3ncc(C#N)c(F)n3)cc2)CC1. The smallest absolute Gasteiger partial charge is 0.234 e. The van der Waals surface area contributed by atoms with Crippen LogP contribution in [0, 0.1) is 23.2 Å². The topological polar surface area (TPSA) is 49.6 Å². The molecule has 1 fully saturated rings. The van der Waals surface area contributed by atoms with Crippen molar-refractivity contribution in [2.75, 3.05) is 0 Å². The van der Waals surface area contributed by atoms with Crippen LogP contribution in [0.15, 0.2) is 30.5 Å². The number of aromatic nitrogens is 2. The first kappa shape index (κ1) is 22.4. The van der Waals surface area contributed by atoms with Gasteiger partial charge >= 0.3 is 0 Å². The second-order valence-corrected chi connectivity index (χ2v) is 8.76. The minimum absolute atomic E-state index is 0.122. The Labute approximate surface area is 180 Å². The Kier molecular flexibility index (Phi) is 8.81. The van der Waals surface area contributed by atoms with Crippen molar-refractivity contribution < 1.29 is 4.39 Å². The molecular weight excluding hydrogens is 373 g/mol. The summed E-state index contributed by atoms with van der Waals surface area (Å²) in [5, 5.41) is 8.81. The predicted molar refractivity (Wildman–Crippen MR) is 119 cm³/mol. The normalized spacial score (nSPS) is 18.8. The van der Waals surface area contributed by atoms with E-state index in [1.54, 1.807) is 6.07 Å². The van der Waals surface area contributed by atoms with E-state index in [2.05, 4.69) is 29.0 Å². The Balaban J connectivity index is 1.43. The highest BCUT2D eigenvalue weighted by Crippen LogP contribution is 2.38. The zero-order valence-corrected chi connectivity index (χ0v) is 18.2. The minimum atomic E-state index is -0.758. The van der Waals surface area contributed by atoms with Gasteiger partial charge in [0.15, 0.2) is 5.82 Å². The van der Waals surface area contributed by atoms with E-state index in [0.29, 0.717) is 11.7 Å². The third kappa shape index (κ3) is 6.36. The fourth-order valence-corrected chi connectivity index (χ4v) is 4.65. The summed E-state index contributed by atoms with van der Waals surface area (Å²) in [6, 6.07) is 9.97. The molecule has 2 aromatic rings. The van der Waals surface area contributed by atoms with Gasteiger partial charge in [-0.3, -0.25) is 0 Å². The van der Waals surface area contributed by atoms with Crippen molar-refractivity contribution >= 4 is 0 Å². The van der Waals surface area contributed by atoms with Crippen LogP contribution in [0.2, 0.25) is 0 Å². The molecule has 0 atom stereocenters. The number of benzene rings is 1. The fraction of sp³-hybridized carbons (Fsp3) is 0.577. The molecule has 1 aromatic carbocycles. The Hall–Kier alpha value is -2.28. The predicted octanol–water partition coefficient (Wildman–Crippen LogP) is 7.57. The molecule has 1 heterocycles. The maximum atomic E-state index is 13.8. The number of hydrogen-bond acceptors (Lipinski definition) is 3. The van der Waals surface area contributed by atoms with Crippen LogP contribution >= 0.6 is 0 Å². The van der Waals surface area contributed by atoms with Gasteiger partial charge in [0.05, 0.1) is 6.20 Å². The average molecular weight is 408 g/mol. The summed E-state index contributed by atoms with van der Waals surface area (Å²) in [6.07, 6.45) is 17.6. The zero-order chi connectivity index (χ0) is 21.2. The number of unbranched alkanes of at least 4 members (excludes halogenated alkanes) is 6. The van der Waals surface area contributed by atoms with Gasteiger partial charge in [-0.05, 0) is 43.1 Å². The molecule has 1 aliphatic rings. The molecule has 1 aromatic heterocycles. The molecule has 0 unspecified atom stereocenters. The van der Waals surface area contributed by atoms with Crippen LogP contribution in [-0.2, 0) is 0 Å². The summed E-state index contributed by atoms with van der Waals surface area (Å²) < 4.78 is 13.8. The van der Waals surface area contributed by atoms with E-state index in [-0.39, 0.29) is 5.56 Å². The van der Waals surface area contributed by atoms with Crippen molar-refractivity contribution in [2.24, 2.45) is 5.92 Å². The molecule has 0 spiro atoms. The second-order valence-electron chi connectivity index (χ2n) is 8.76. The largest absolute Gasteiger partial charge is 0.235 e. The van der Waals surface area contributed by atoms with E-state index in [1.807, 2.05) is 12.1 Å². The number of rotatable bonds is 10. The maximum Gasteiger partial charge on any atom is 0.234 e. The van der Waals surface area contributed by atoms with Crippen molar-refractivity contribution in [2.45, 2.75) is 89.9 Å². The molecule has 1 aliphatic carbocycles. The van der Waals surface area contributed by atoms with Crippen LogP contribution in [0.1, 0.15) is 101 Å². The van der Waals surface area contributed by atoms with Crippen LogP contribution in [0.25, 0.3) is 11.4 Å². The molecule has 0 amide bonds. The summed E-state index contributed by atoms with van der Waals surface area (Å²) in [5.74, 6) is 1.11. The summed E-state index contributed by atoms with van der Waals surface area (Å²) in [6.45, 7) is 2.27. The van der Waals surface area contributed by atoms with E-state index < -0.39 is 5.95 Å². The molecular formula is C26H34FN3. The number of hydrogen-bond donors (Lipinski definition) is 0. The summed E-state index contributed by atoms with van der Waals surface area (Å²) >= 11 is 0. The average Bonchev–Trinajstić information content (AvgIpc) is 2.79. The molecule has 30 heavy (non-hydrogen) atoms. The third-order valence-electron chi connectivity index (χ3n) is 6.57. The lowest BCUT2D eigenvalue weighted by Crippen LogP contribution is -2.13. The van der Waals surface area contributed by atoms with E-state index in [1.165, 1.54) is 88.8 Å². The van der Waals surface area contributed by atoms with E-state index >= 15 is 0 Å². The van der Waals surface area contributed by atoms with Gasteiger partial charge in [-0.25, -0.2) is 4.98 Å². The van der Waals surface area contributed by atoms with Crippen LogP contribution in [0.5, 0.6) is 0 Å². The highest BCUT2D eigenvalue weighted by atomic mass is 19.1. The fourth-order valence-electron chi connectivity index (χ4n) is 4.65. The van der Waals surface area contributed by atoms with Gasteiger partial charge in [0.2, 0.25) is 5.95 Å². The molecule has 3 nitrogen and oxygen atoms in total. The van der Waals surface area contributed by atoms with Gasteiger partial charge in [-0.2, -0.15) is 14.6 Å². The van der Waals surface area contributed by atoms with Crippen LogP contribution in [-0.4, -0.2) is 9.97 Å². The lowest BCUT2D eigenvalue weighted by Gasteiger charge is -2.29. The summed E-state index contributed by atoms with van der Waals surface area (Å²) in [7, 11) is 0. The van der Waals surface area contributed by atoms with E-state index in [0.717, 1.165) is 11.5 Å².